The molecule has 3 aromatic rings. The number of thioether (sulfide) groups is 1. The molecule has 142 valence electrons. The summed E-state index contributed by atoms with van der Waals surface area (Å²) in [5.41, 5.74) is 1.05. The smallest absolute Gasteiger partial charge is 0.164 e. The van der Waals surface area contributed by atoms with Gasteiger partial charge in [0.1, 0.15) is 11.6 Å². The number of hydrogen-bond acceptors (Lipinski definition) is 4. The first-order chi connectivity index (χ1) is 13.4. The number of carbonyl (C=O) groups excluding carboxylic acids is 2. The fourth-order valence-electron chi connectivity index (χ4n) is 2.72. The molecule has 0 aliphatic carbocycles. The highest BCUT2D eigenvalue weighted by atomic mass is 32.2. The summed E-state index contributed by atoms with van der Waals surface area (Å²) in [6.45, 7) is 0. The highest BCUT2D eigenvalue weighted by molar-refractivity contribution is 7.99. The molecule has 1 atom stereocenters. The van der Waals surface area contributed by atoms with Crippen LogP contribution in [0.2, 0.25) is 0 Å². The Morgan fingerprint density at radius 1 is 0.857 bits per heavy atom. The van der Waals surface area contributed by atoms with Crippen LogP contribution < -0.4 is 5.11 Å². The van der Waals surface area contributed by atoms with E-state index in [-0.39, 0.29) is 17.8 Å². The summed E-state index contributed by atoms with van der Waals surface area (Å²) in [6, 6.07) is 17.3. The number of hydrogen-bond donors (Lipinski definition) is 0. The number of benzene rings is 3. The molecule has 0 unspecified atom stereocenters. The summed E-state index contributed by atoms with van der Waals surface area (Å²) in [4.78, 5) is 24.5. The molecule has 3 nitrogen and oxygen atoms in total. The standard InChI is InChI=1S/C22H16F2O3S/c23-16-9-5-14(6-10-16)19(25)13-21(15-7-11-17(24)12-8-15)28-20-4-2-1-3-18(20)22(26)27/h1-12,21H,13H2,(H,26,27)/p-1/t21-/m0/s1. The van der Waals surface area contributed by atoms with Gasteiger partial charge in [0.25, 0.3) is 0 Å². The first-order valence-corrected chi connectivity index (χ1v) is 9.33. The van der Waals surface area contributed by atoms with Crippen LogP contribution in [-0.2, 0) is 0 Å². The number of carboxylic acid groups (broad SMARTS) is 1. The maximum Gasteiger partial charge on any atom is 0.164 e. The molecule has 0 radical (unpaired) electrons. The average molecular weight is 397 g/mol. The molecule has 28 heavy (non-hydrogen) atoms. The zero-order valence-corrected chi connectivity index (χ0v) is 15.4. The van der Waals surface area contributed by atoms with Crippen LogP contribution in [0.4, 0.5) is 8.78 Å². The summed E-state index contributed by atoms with van der Waals surface area (Å²) in [5, 5.41) is 10.9. The third-order valence-electron chi connectivity index (χ3n) is 4.15. The van der Waals surface area contributed by atoms with Crippen molar-refractivity contribution in [3.8, 4) is 0 Å². The van der Waals surface area contributed by atoms with Gasteiger partial charge in [-0.2, -0.15) is 0 Å². The summed E-state index contributed by atoms with van der Waals surface area (Å²) in [7, 11) is 0. The summed E-state index contributed by atoms with van der Waals surface area (Å²) < 4.78 is 26.4. The molecule has 0 spiro atoms. The van der Waals surface area contributed by atoms with Crippen molar-refractivity contribution in [2.24, 2.45) is 0 Å². The van der Waals surface area contributed by atoms with Crippen molar-refractivity contribution in [1.29, 1.82) is 0 Å². The Morgan fingerprint density at radius 2 is 1.43 bits per heavy atom. The van der Waals surface area contributed by atoms with Crippen molar-refractivity contribution in [3.63, 3.8) is 0 Å². The lowest BCUT2D eigenvalue weighted by molar-refractivity contribution is -0.255. The molecular weight excluding hydrogens is 382 g/mol. The number of ketones is 1. The fourth-order valence-corrected chi connectivity index (χ4v) is 3.99. The highest BCUT2D eigenvalue weighted by Crippen LogP contribution is 2.40. The molecule has 0 bridgehead atoms. The number of rotatable bonds is 7. The quantitative estimate of drug-likeness (QED) is 0.437. The van der Waals surface area contributed by atoms with Crippen LogP contribution in [0.1, 0.15) is 38.0 Å². The highest BCUT2D eigenvalue weighted by Gasteiger charge is 2.20. The van der Waals surface area contributed by atoms with Crippen LogP contribution in [0.5, 0.6) is 0 Å². The van der Waals surface area contributed by atoms with Gasteiger partial charge in [0.15, 0.2) is 5.78 Å². The van der Waals surface area contributed by atoms with E-state index in [1.54, 1.807) is 30.3 Å². The predicted molar refractivity (Wildman–Crippen MR) is 101 cm³/mol. The van der Waals surface area contributed by atoms with E-state index >= 15 is 0 Å². The minimum atomic E-state index is -1.31. The molecule has 0 aliphatic rings. The Balaban J connectivity index is 1.91. The monoisotopic (exact) mass is 397 g/mol. The van der Waals surface area contributed by atoms with Crippen LogP contribution in [0, 0.1) is 11.6 Å². The molecule has 0 N–H and O–H groups in total. The second-order valence-electron chi connectivity index (χ2n) is 6.08. The third kappa shape index (κ3) is 4.84. The SMILES string of the molecule is O=C(C[C@H](Sc1ccccc1C(=O)[O-])c1ccc(F)cc1)c1ccc(F)cc1. The fraction of sp³-hybridized carbons (Fsp3) is 0.0909. The van der Waals surface area contributed by atoms with Gasteiger partial charge in [-0.15, -0.1) is 11.8 Å². The third-order valence-corrected chi connectivity index (χ3v) is 5.49. The first kappa shape index (κ1) is 19.8. The minimum absolute atomic E-state index is 0.0221. The van der Waals surface area contributed by atoms with E-state index in [9.17, 15) is 23.5 Å². The van der Waals surface area contributed by atoms with Crippen LogP contribution in [0.25, 0.3) is 0 Å². The van der Waals surface area contributed by atoms with Crippen molar-refractivity contribution in [2.75, 3.05) is 0 Å². The number of aromatic carboxylic acids is 1. The van der Waals surface area contributed by atoms with Crippen LogP contribution in [0.15, 0.2) is 77.7 Å². The second kappa shape index (κ2) is 8.80. The van der Waals surface area contributed by atoms with Gasteiger partial charge in [-0.1, -0.05) is 30.3 Å². The topological polar surface area (TPSA) is 57.2 Å². The lowest BCUT2D eigenvalue weighted by Gasteiger charge is -2.19. The maximum absolute atomic E-state index is 13.3. The maximum atomic E-state index is 13.3. The lowest BCUT2D eigenvalue weighted by Crippen LogP contribution is -2.23. The van der Waals surface area contributed by atoms with Crippen molar-refractivity contribution < 1.29 is 23.5 Å². The van der Waals surface area contributed by atoms with E-state index in [1.165, 1.54) is 54.2 Å². The lowest BCUT2D eigenvalue weighted by atomic mass is 10.0. The van der Waals surface area contributed by atoms with Crippen molar-refractivity contribution in [3.05, 3.63) is 101 Å². The van der Waals surface area contributed by atoms with Gasteiger partial charge in [-0.25, -0.2) is 8.78 Å². The molecule has 0 amide bonds. The summed E-state index contributed by atoms with van der Waals surface area (Å²) >= 11 is 1.19. The Kier molecular flexibility index (Phi) is 6.21. The molecule has 0 aliphatic heterocycles. The van der Waals surface area contributed by atoms with Gasteiger partial charge in [-0.05, 0) is 48.0 Å². The largest absolute Gasteiger partial charge is 0.545 e. The Labute approximate surface area is 165 Å². The Hall–Kier alpha value is -2.99. The second-order valence-corrected chi connectivity index (χ2v) is 7.32. The first-order valence-electron chi connectivity index (χ1n) is 8.45. The van der Waals surface area contributed by atoms with Gasteiger partial charge < -0.3 is 9.90 Å². The van der Waals surface area contributed by atoms with E-state index in [0.29, 0.717) is 16.0 Å². The van der Waals surface area contributed by atoms with Gasteiger partial charge in [0, 0.05) is 27.7 Å². The zero-order valence-electron chi connectivity index (χ0n) is 14.6. The Bertz CT molecular complexity index is 985. The average Bonchev–Trinajstić information content (AvgIpc) is 2.69. The number of halogens is 2. The van der Waals surface area contributed by atoms with Gasteiger partial charge in [0.2, 0.25) is 0 Å². The number of carboxylic acids is 1. The molecule has 0 aromatic heterocycles. The van der Waals surface area contributed by atoms with E-state index in [4.69, 9.17) is 0 Å². The molecular formula is C22H15F2O3S-. The van der Waals surface area contributed by atoms with Gasteiger partial charge >= 0.3 is 0 Å². The van der Waals surface area contributed by atoms with Crippen molar-refractivity contribution >= 4 is 23.5 Å². The van der Waals surface area contributed by atoms with Crippen molar-refractivity contribution in [2.45, 2.75) is 16.6 Å². The zero-order chi connectivity index (χ0) is 20.1. The molecule has 0 saturated carbocycles. The van der Waals surface area contributed by atoms with Crippen molar-refractivity contribution in [1.82, 2.24) is 0 Å². The van der Waals surface area contributed by atoms with Gasteiger partial charge in [-0.3, -0.25) is 4.79 Å². The number of Topliss-reactive ketones (excluding diaryl/α,β-unsaturated/α-hetero) is 1. The molecule has 3 aromatic carbocycles. The van der Waals surface area contributed by atoms with Crippen LogP contribution in [0.3, 0.4) is 0 Å². The minimum Gasteiger partial charge on any atom is -0.545 e. The molecule has 0 fully saturated rings. The number of carbonyl (C=O) groups is 2. The van der Waals surface area contributed by atoms with E-state index in [0.717, 1.165) is 0 Å². The van der Waals surface area contributed by atoms with E-state index < -0.39 is 22.9 Å². The van der Waals surface area contributed by atoms with Crippen LogP contribution in [-0.4, -0.2) is 11.8 Å². The van der Waals surface area contributed by atoms with E-state index in [1.807, 2.05) is 0 Å². The van der Waals surface area contributed by atoms with Crippen LogP contribution >= 0.6 is 11.8 Å². The van der Waals surface area contributed by atoms with Gasteiger partial charge in [0.05, 0.1) is 5.97 Å². The molecule has 3 rings (SSSR count). The molecule has 0 heterocycles. The molecule has 6 heteroatoms. The Morgan fingerprint density at radius 3 is 2.04 bits per heavy atom. The van der Waals surface area contributed by atoms with E-state index in [2.05, 4.69) is 0 Å². The summed E-state index contributed by atoms with van der Waals surface area (Å²) in [5.74, 6) is -2.39. The molecule has 0 saturated heterocycles. The predicted octanol–water partition coefficient (Wildman–Crippen LogP) is 4.43. The summed E-state index contributed by atoms with van der Waals surface area (Å²) in [6.07, 6.45) is 0.0311. The normalized spacial score (nSPS) is 11.8.